The Bertz CT molecular complexity index is 812. The third-order valence-electron chi connectivity index (χ3n) is 5.65. The Hall–Kier alpha value is -1.82. The molecule has 1 aliphatic heterocycles. The van der Waals surface area contributed by atoms with Gasteiger partial charge in [0, 0.05) is 24.7 Å². The first kappa shape index (κ1) is 20.9. The topological polar surface area (TPSA) is 51.0 Å². The molecule has 0 aliphatic carbocycles. The minimum absolute atomic E-state index is 0.127. The minimum atomic E-state index is 0.127. The number of thioether (sulfide) groups is 1. The summed E-state index contributed by atoms with van der Waals surface area (Å²) < 4.78 is 1.98. The summed E-state index contributed by atoms with van der Waals surface area (Å²) in [4.78, 5) is 14.8. The van der Waals surface area contributed by atoms with Gasteiger partial charge in [0.15, 0.2) is 11.0 Å². The summed E-state index contributed by atoms with van der Waals surface area (Å²) >= 11 is 1.47. The zero-order valence-corrected chi connectivity index (χ0v) is 18.7. The monoisotopic (exact) mass is 400 g/mol. The number of nitrogens with zero attached hydrogens (tertiary/aromatic N) is 4. The number of benzene rings is 1. The lowest BCUT2D eigenvalue weighted by atomic mass is 9.87. The second-order valence-electron chi connectivity index (χ2n) is 8.91. The molecule has 1 fully saturated rings. The van der Waals surface area contributed by atoms with Crippen LogP contribution in [0.3, 0.4) is 0 Å². The summed E-state index contributed by atoms with van der Waals surface area (Å²) in [5.74, 6) is 1.43. The number of carbonyl (C=O) groups excluding carboxylic acids is 1. The van der Waals surface area contributed by atoms with Crippen molar-refractivity contribution in [3.05, 3.63) is 29.8 Å². The Morgan fingerprint density at radius 3 is 2.29 bits per heavy atom. The van der Waals surface area contributed by atoms with Gasteiger partial charge in [-0.3, -0.25) is 4.79 Å². The number of amides is 1. The summed E-state index contributed by atoms with van der Waals surface area (Å²) in [5.41, 5.74) is 2.46. The molecule has 6 heteroatoms. The molecule has 28 heavy (non-hydrogen) atoms. The van der Waals surface area contributed by atoms with Crippen LogP contribution in [0.4, 0.5) is 0 Å². The second-order valence-corrected chi connectivity index (χ2v) is 9.85. The molecule has 0 radical (unpaired) electrons. The first-order chi connectivity index (χ1) is 13.2. The van der Waals surface area contributed by atoms with Gasteiger partial charge in [-0.15, -0.1) is 10.2 Å². The quantitative estimate of drug-likeness (QED) is 0.700. The van der Waals surface area contributed by atoms with Gasteiger partial charge in [-0.25, -0.2) is 0 Å². The lowest BCUT2D eigenvalue weighted by molar-refractivity contribution is -0.134. The summed E-state index contributed by atoms with van der Waals surface area (Å²) in [6.07, 6.45) is 3.40. The third kappa shape index (κ3) is 4.43. The van der Waals surface area contributed by atoms with Crippen molar-refractivity contribution >= 4 is 17.7 Å². The van der Waals surface area contributed by atoms with Crippen LogP contribution in [0.1, 0.15) is 59.4 Å². The fourth-order valence-electron chi connectivity index (χ4n) is 3.92. The summed E-state index contributed by atoms with van der Waals surface area (Å²) in [5, 5.41) is 9.47. The van der Waals surface area contributed by atoms with E-state index >= 15 is 0 Å². The fraction of sp³-hybridized carbons (Fsp3) is 0.591. The van der Waals surface area contributed by atoms with Crippen LogP contribution in [0.2, 0.25) is 0 Å². The minimum Gasteiger partial charge on any atom is -0.337 e. The van der Waals surface area contributed by atoms with E-state index in [1.54, 1.807) is 0 Å². The van der Waals surface area contributed by atoms with Crippen LogP contribution < -0.4 is 0 Å². The van der Waals surface area contributed by atoms with Crippen LogP contribution in [0.5, 0.6) is 0 Å². The van der Waals surface area contributed by atoms with Crippen molar-refractivity contribution in [2.45, 2.75) is 76.5 Å². The van der Waals surface area contributed by atoms with E-state index in [-0.39, 0.29) is 11.3 Å². The van der Waals surface area contributed by atoms with Crippen LogP contribution in [0.15, 0.2) is 29.4 Å². The summed E-state index contributed by atoms with van der Waals surface area (Å²) in [6, 6.07) is 9.16. The lowest BCUT2D eigenvalue weighted by Crippen LogP contribution is -2.48. The molecule has 0 spiro atoms. The molecule has 0 unspecified atom stereocenters. The van der Waals surface area contributed by atoms with E-state index in [1.165, 1.54) is 23.7 Å². The van der Waals surface area contributed by atoms with E-state index in [4.69, 9.17) is 0 Å². The highest BCUT2D eigenvalue weighted by atomic mass is 32.2. The van der Waals surface area contributed by atoms with Crippen LogP contribution in [0.25, 0.3) is 11.4 Å². The first-order valence-corrected chi connectivity index (χ1v) is 11.1. The molecule has 1 aromatic carbocycles. The number of piperidine rings is 1. The smallest absolute Gasteiger partial charge is 0.233 e. The zero-order chi connectivity index (χ0) is 20.5. The average molecular weight is 401 g/mol. The Morgan fingerprint density at radius 1 is 1.11 bits per heavy atom. The molecular weight excluding hydrogens is 368 g/mol. The molecule has 1 saturated heterocycles. The standard InChI is InChI=1S/C22H32N4OS/c1-15-8-7-9-16(2)26(15)19(27)14-28-21-24-23-20(25(21)6)17-10-12-18(13-11-17)22(3,4)5/h10-13,15-16H,7-9,14H2,1-6H3/t15-,16+. The SMILES string of the molecule is C[C@@H]1CCC[C@H](C)N1C(=O)CSc1nnc(-c2ccc(C(C)(C)C)cc2)n1C. The fourth-order valence-corrected chi connectivity index (χ4v) is 4.71. The van der Waals surface area contributed by atoms with E-state index in [0.717, 1.165) is 29.4 Å². The van der Waals surface area contributed by atoms with Gasteiger partial charge in [-0.1, -0.05) is 56.8 Å². The molecule has 1 aromatic heterocycles. The largest absolute Gasteiger partial charge is 0.337 e. The van der Waals surface area contributed by atoms with Crippen molar-refractivity contribution in [2.75, 3.05) is 5.75 Å². The van der Waals surface area contributed by atoms with E-state index in [0.29, 0.717) is 17.8 Å². The predicted octanol–water partition coefficient (Wildman–Crippen LogP) is 4.66. The molecule has 0 bridgehead atoms. The molecule has 0 saturated carbocycles. The van der Waals surface area contributed by atoms with E-state index in [1.807, 2.05) is 11.6 Å². The number of hydrogen-bond acceptors (Lipinski definition) is 4. The van der Waals surface area contributed by atoms with E-state index in [2.05, 4.69) is 74.0 Å². The lowest BCUT2D eigenvalue weighted by Gasteiger charge is -2.39. The maximum absolute atomic E-state index is 12.8. The predicted molar refractivity (Wildman–Crippen MR) is 115 cm³/mol. The van der Waals surface area contributed by atoms with Gasteiger partial charge < -0.3 is 9.47 Å². The van der Waals surface area contributed by atoms with Crippen LogP contribution in [0, 0.1) is 0 Å². The molecule has 0 N–H and O–H groups in total. The molecule has 1 amide bonds. The van der Waals surface area contributed by atoms with Gasteiger partial charge in [-0.2, -0.15) is 0 Å². The molecule has 2 aromatic rings. The molecule has 1 aliphatic rings. The Morgan fingerprint density at radius 2 is 1.71 bits per heavy atom. The van der Waals surface area contributed by atoms with E-state index in [9.17, 15) is 4.79 Å². The number of hydrogen-bond donors (Lipinski definition) is 0. The molecular formula is C22H32N4OS. The van der Waals surface area contributed by atoms with Crippen molar-refractivity contribution in [2.24, 2.45) is 7.05 Å². The highest BCUT2D eigenvalue weighted by Gasteiger charge is 2.29. The molecule has 5 nitrogen and oxygen atoms in total. The maximum Gasteiger partial charge on any atom is 0.233 e. The van der Waals surface area contributed by atoms with Crippen LogP contribution in [-0.2, 0) is 17.3 Å². The second kappa shape index (κ2) is 8.27. The Labute approximate surface area is 172 Å². The zero-order valence-electron chi connectivity index (χ0n) is 17.9. The Balaban J connectivity index is 1.69. The van der Waals surface area contributed by atoms with E-state index < -0.39 is 0 Å². The van der Waals surface area contributed by atoms with Crippen molar-refractivity contribution in [1.82, 2.24) is 19.7 Å². The number of carbonyl (C=O) groups is 1. The molecule has 3 rings (SSSR count). The highest BCUT2D eigenvalue weighted by Crippen LogP contribution is 2.28. The van der Waals surface area contributed by atoms with Gasteiger partial charge in [-0.05, 0) is 44.1 Å². The highest BCUT2D eigenvalue weighted by molar-refractivity contribution is 7.99. The number of aromatic nitrogens is 3. The van der Waals surface area contributed by atoms with Crippen molar-refractivity contribution < 1.29 is 4.79 Å². The Kier molecular flexibility index (Phi) is 6.18. The van der Waals surface area contributed by atoms with Gasteiger partial charge in [0.2, 0.25) is 5.91 Å². The molecule has 152 valence electrons. The summed E-state index contributed by atoms with van der Waals surface area (Å²) in [7, 11) is 1.96. The molecule has 2 heterocycles. The number of rotatable bonds is 4. The van der Waals surface area contributed by atoms with Gasteiger partial charge in [0.25, 0.3) is 0 Å². The van der Waals surface area contributed by atoms with Crippen LogP contribution in [-0.4, -0.2) is 43.4 Å². The normalized spacial score (nSPS) is 20.4. The van der Waals surface area contributed by atoms with Crippen molar-refractivity contribution in [3.63, 3.8) is 0 Å². The van der Waals surface area contributed by atoms with Gasteiger partial charge in [0.05, 0.1) is 5.75 Å². The van der Waals surface area contributed by atoms with Gasteiger partial charge >= 0.3 is 0 Å². The van der Waals surface area contributed by atoms with Crippen molar-refractivity contribution in [3.8, 4) is 11.4 Å². The number of likely N-dealkylation sites (tertiary alicyclic amines) is 1. The summed E-state index contributed by atoms with van der Waals surface area (Å²) in [6.45, 7) is 10.9. The molecule has 2 atom stereocenters. The first-order valence-electron chi connectivity index (χ1n) is 10.1. The average Bonchev–Trinajstić information content (AvgIpc) is 3.00. The maximum atomic E-state index is 12.8. The van der Waals surface area contributed by atoms with Gasteiger partial charge in [0.1, 0.15) is 0 Å². The third-order valence-corrected chi connectivity index (χ3v) is 6.66. The van der Waals surface area contributed by atoms with Crippen molar-refractivity contribution in [1.29, 1.82) is 0 Å². The van der Waals surface area contributed by atoms with Crippen LogP contribution >= 0.6 is 11.8 Å².